The molecule has 1 rings (SSSR count). The van der Waals surface area contributed by atoms with Gasteiger partial charge in [0.2, 0.25) is 5.91 Å². The fraction of sp³-hybridized carbons (Fsp3) is 0.333. The summed E-state index contributed by atoms with van der Waals surface area (Å²) in [5.41, 5.74) is 6.22. The monoisotopic (exact) mass is 179 g/mol. The van der Waals surface area contributed by atoms with Gasteiger partial charge in [-0.2, -0.15) is 0 Å². The van der Waals surface area contributed by atoms with Crippen molar-refractivity contribution in [3.05, 3.63) is 30.1 Å². The first-order chi connectivity index (χ1) is 6.33. The molecule has 0 bridgehead atoms. The van der Waals surface area contributed by atoms with Gasteiger partial charge >= 0.3 is 0 Å². The molecule has 0 unspecified atom stereocenters. The van der Waals surface area contributed by atoms with Crippen LogP contribution in [-0.2, 0) is 11.3 Å². The molecule has 0 aromatic carbocycles. The third kappa shape index (κ3) is 3.66. The third-order valence-corrected chi connectivity index (χ3v) is 1.58. The second-order valence-electron chi connectivity index (χ2n) is 2.68. The highest BCUT2D eigenvalue weighted by Gasteiger charge is 1.98. The van der Waals surface area contributed by atoms with Gasteiger partial charge in [-0.25, -0.2) is 0 Å². The molecule has 0 aliphatic carbocycles. The lowest BCUT2D eigenvalue weighted by atomic mass is 10.3. The predicted octanol–water partition coefficient (Wildman–Crippen LogP) is 0.0466. The number of amides is 1. The van der Waals surface area contributed by atoms with Crippen LogP contribution in [0.4, 0.5) is 0 Å². The summed E-state index contributed by atoms with van der Waals surface area (Å²) >= 11 is 0. The quantitative estimate of drug-likeness (QED) is 0.686. The van der Waals surface area contributed by atoms with Crippen molar-refractivity contribution in [2.75, 3.05) is 6.54 Å². The summed E-state index contributed by atoms with van der Waals surface area (Å²) in [4.78, 5) is 14.9. The topological polar surface area (TPSA) is 68.0 Å². The van der Waals surface area contributed by atoms with Crippen LogP contribution in [0.2, 0.25) is 0 Å². The lowest BCUT2D eigenvalue weighted by molar-refractivity contribution is -0.121. The SMILES string of the molecule is NCCC(=O)NCc1cccnc1. The maximum absolute atomic E-state index is 11.0. The van der Waals surface area contributed by atoms with E-state index in [9.17, 15) is 4.79 Å². The number of carbonyl (C=O) groups is 1. The van der Waals surface area contributed by atoms with E-state index in [-0.39, 0.29) is 5.91 Å². The highest BCUT2D eigenvalue weighted by Crippen LogP contribution is 1.94. The number of nitrogens with one attached hydrogen (secondary N) is 1. The maximum Gasteiger partial charge on any atom is 0.221 e. The second-order valence-corrected chi connectivity index (χ2v) is 2.68. The number of rotatable bonds is 4. The molecular weight excluding hydrogens is 166 g/mol. The Morgan fingerprint density at radius 1 is 1.62 bits per heavy atom. The summed E-state index contributed by atoms with van der Waals surface area (Å²) < 4.78 is 0. The van der Waals surface area contributed by atoms with Gasteiger partial charge in [-0.05, 0) is 11.6 Å². The number of hydrogen-bond donors (Lipinski definition) is 2. The minimum atomic E-state index is -0.0219. The Balaban J connectivity index is 2.31. The van der Waals surface area contributed by atoms with Crippen molar-refractivity contribution in [2.24, 2.45) is 5.73 Å². The predicted molar refractivity (Wildman–Crippen MR) is 49.8 cm³/mol. The fourth-order valence-corrected chi connectivity index (χ4v) is 0.923. The van der Waals surface area contributed by atoms with Gasteiger partial charge in [0, 0.05) is 31.9 Å². The minimum absolute atomic E-state index is 0.0219. The Bertz CT molecular complexity index is 261. The van der Waals surface area contributed by atoms with Crippen LogP contribution >= 0.6 is 0 Å². The number of pyridine rings is 1. The summed E-state index contributed by atoms with van der Waals surface area (Å²) in [6.07, 6.45) is 3.80. The molecule has 13 heavy (non-hydrogen) atoms. The average molecular weight is 179 g/mol. The van der Waals surface area contributed by atoms with E-state index < -0.39 is 0 Å². The van der Waals surface area contributed by atoms with Crippen molar-refractivity contribution < 1.29 is 4.79 Å². The first-order valence-electron chi connectivity index (χ1n) is 4.18. The molecule has 0 aliphatic heterocycles. The fourth-order valence-electron chi connectivity index (χ4n) is 0.923. The molecule has 4 heteroatoms. The Morgan fingerprint density at radius 2 is 2.46 bits per heavy atom. The Labute approximate surface area is 77.2 Å². The maximum atomic E-state index is 11.0. The molecular formula is C9H13N3O. The number of carbonyl (C=O) groups excluding carboxylic acids is 1. The van der Waals surface area contributed by atoms with Gasteiger partial charge in [-0.3, -0.25) is 9.78 Å². The van der Waals surface area contributed by atoms with Crippen molar-refractivity contribution in [1.29, 1.82) is 0 Å². The summed E-state index contributed by atoms with van der Waals surface area (Å²) in [5, 5.41) is 2.74. The van der Waals surface area contributed by atoms with Gasteiger partial charge in [-0.1, -0.05) is 6.07 Å². The molecule has 0 saturated carbocycles. The summed E-state index contributed by atoms with van der Waals surface area (Å²) in [6, 6.07) is 3.75. The van der Waals surface area contributed by atoms with E-state index in [0.29, 0.717) is 19.5 Å². The van der Waals surface area contributed by atoms with E-state index in [1.165, 1.54) is 0 Å². The zero-order valence-electron chi connectivity index (χ0n) is 7.36. The van der Waals surface area contributed by atoms with Crippen LogP contribution < -0.4 is 11.1 Å². The van der Waals surface area contributed by atoms with Gasteiger partial charge < -0.3 is 11.1 Å². The molecule has 0 atom stereocenters. The van der Waals surface area contributed by atoms with E-state index >= 15 is 0 Å². The molecule has 0 radical (unpaired) electrons. The Hall–Kier alpha value is -1.42. The van der Waals surface area contributed by atoms with Gasteiger partial charge in [0.1, 0.15) is 0 Å². The van der Waals surface area contributed by atoms with Gasteiger partial charge in [0.05, 0.1) is 0 Å². The van der Waals surface area contributed by atoms with Crippen molar-refractivity contribution in [3.8, 4) is 0 Å². The number of nitrogens with zero attached hydrogens (tertiary/aromatic N) is 1. The molecule has 1 aromatic rings. The summed E-state index contributed by atoms with van der Waals surface area (Å²) in [7, 11) is 0. The number of aromatic nitrogens is 1. The first kappa shape index (κ1) is 9.67. The average Bonchev–Trinajstić information content (AvgIpc) is 2.17. The Kier molecular flexibility index (Phi) is 3.92. The zero-order valence-corrected chi connectivity index (χ0v) is 7.36. The molecule has 70 valence electrons. The van der Waals surface area contributed by atoms with Crippen LogP contribution in [0.25, 0.3) is 0 Å². The normalized spacial score (nSPS) is 9.62. The smallest absolute Gasteiger partial charge is 0.221 e. The van der Waals surface area contributed by atoms with E-state index in [2.05, 4.69) is 10.3 Å². The highest BCUT2D eigenvalue weighted by atomic mass is 16.1. The van der Waals surface area contributed by atoms with Gasteiger partial charge in [0.25, 0.3) is 0 Å². The summed E-state index contributed by atoms with van der Waals surface area (Å²) in [6.45, 7) is 0.908. The molecule has 1 heterocycles. The standard InChI is InChI=1S/C9H13N3O/c10-4-3-9(13)12-7-8-2-1-5-11-6-8/h1-2,5-6H,3-4,7,10H2,(H,12,13). The van der Waals surface area contributed by atoms with Crippen molar-refractivity contribution in [2.45, 2.75) is 13.0 Å². The lowest BCUT2D eigenvalue weighted by Crippen LogP contribution is -2.24. The molecule has 0 fully saturated rings. The van der Waals surface area contributed by atoms with Crippen LogP contribution in [0.3, 0.4) is 0 Å². The Morgan fingerprint density at radius 3 is 3.08 bits per heavy atom. The van der Waals surface area contributed by atoms with E-state index in [0.717, 1.165) is 5.56 Å². The van der Waals surface area contributed by atoms with Crippen molar-refractivity contribution in [1.82, 2.24) is 10.3 Å². The molecule has 3 N–H and O–H groups in total. The first-order valence-corrected chi connectivity index (χ1v) is 4.18. The zero-order chi connectivity index (χ0) is 9.52. The molecule has 1 amide bonds. The van der Waals surface area contributed by atoms with Crippen LogP contribution in [0.15, 0.2) is 24.5 Å². The van der Waals surface area contributed by atoms with Gasteiger partial charge in [0.15, 0.2) is 0 Å². The van der Waals surface area contributed by atoms with Crippen molar-refractivity contribution in [3.63, 3.8) is 0 Å². The lowest BCUT2D eigenvalue weighted by Gasteiger charge is -2.02. The van der Waals surface area contributed by atoms with E-state index in [1.807, 2.05) is 12.1 Å². The second kappa shape index (κ2) is 5.27. The molecule has 1 aromatic heterocycles. The molecule has 0 spiro atoms. The molecule has 0 saturated heterocycles. The number of hydrogen-bond acceptors (Lipinski definition) is 3. The minimum Gasteiger partial charge on any atom is -0.352 e. The van der Waals surface area contributed by atoms with E-state index in [4.69, 9.17) is 5.73 Å². The van der Waals surface area contributed by atoms with Crippen LogP contribution in [-0.4, -0.2) is 17.4 Å². The summed E-state index contributed by atoms with van der Waals surface area (Å²) in [5.74, 6) is -0.0219. The van der Waals surface area contributed by atoms with Crippen LogP contribution in [0.5, 0.6) is 0 Å². The third-order valence-electron chi connectivity index (χ3n) is 1.58. The van der Waals surface area contributed by atoms with Crippen LogP contribution in [0.1, 0.15) is 12.0 Å². The van der Waals surface area contributed by atoms with E-state index in [1.54, 1.807) is 12.4 Å². The van der Waals surface area contributed by atoms with Crippen LogP contribution in [0, 0.1) is 0 Å². The molecule has 4 nitrogen and oxygen atoms in total. The number of nitrogens with two attached hydrogens (primary N) is 1. The molecule has 0 aliphatic rings. The largest absolute Gasteiger partial charge is 0.352 e. The highest BCUT2D eigenvalue weighted by molar-refractivity contribution is 5.75. The van der Waals surface area contributed by atoms with Crippen molar-refractivity contribution >= 4 is 5.91 Å². The van der Waals surface area contributed by atoms with Gasteiger partial charge in [-0.15, -0.1) is 0 Å².